The molecular formula is C20H25F3N4OS. The van der Waals surface area contributed by atoms with Crippen molar-refractivity contribution < 1.29 is 17.9 Å². The predicted octanol–water partition coefficient (Wildman–Crippen LogP) is 4.84. The van der Waals surface area contributed by atoms with Crippen LogP contribution in [0.1, 0.15) is 30.4 Å². The molecule has 1 aliphatic rings. The average molecular weight is 427 g/mol. The number of nitrogens with one attached hydrogen (secondary N) is 1. The van der Waals surface area contributed by atoms with Gasteiger partial charge in [0, 0.05) is 31.1 Å². The molecule has 0 unspecified atom stereocenters. The molecule has 2 heterocycles. The molecule has 0 atom stereocenters. The van der Waals surface area contributed by atoms with E-state index in [2.05, 4.69) is 20.2 Å². The third kappa shape index (κ3) is 6.16. The fraction of sp³-hybridized carbons (Fsp3) is 0.500. The van der Waals surface area contributed by atoms with Gasteiger partial charge in [-0.3, -0.25) is 0 Å². The Kier molecular flexibility index (Phi) is 7.46. The molecule has 1 aromatic carbocycles. The van der Waals surface area contributed by atoms with Gasteiger partial charge in [-0.15, -0.1) is 0 Å². The molecular weight excluding hydrogens is 401 g/mol. The molecule has 0 spiro atoms. The summed E-state index contributed by atoms with van der Waals surface area (Å²) in [6, 6.07) is 3.95. The fourth-order valence-corrected chi connectivity index (χ4v) is 3.50. The molecule has 0 aliphatic carbocycles. The number of rotatable bonds is 8. The SMILES string of the molecule is CSCCOc1cnc(NCc2cc(C(F)(F)F)ccc2N2CCCCC2)nc1. The average Bonchev–Trinajstić information content (AvgIpc) is 2.73. The molecule has 1 N–H and O–H groups in total. The molecule has 158 valence electrons. The molecule has 1 saturated heterocycles. The van der Waals surface area contributed by atoms with Gasteiger partial charge in [0.25, 0.3) is 0 Å². The van der Waals surface area contributed by atoms with Crippen LogP contribution in [0.3, 0.4) is 0 Å². The summed E-state index contributed by atoms with van der Waals surface area (Å²) in [6.45, 7) is 2.50. The lowest BCUT2D eigenvalue weighted by atomic mass is 10.0. The number of alkyl halides is 3. The first-order valence-corrected chi connectivity index (χ1v) is 11.0. The van der Waals surface area contributed by atoms with Crippen LogP contribution in [-0.4, -0.2) is 41.7 Å². The second-order valence-electron chi connectivity index (χ2n) is 6.83. The van der Waals surface area contributed by atoms with Gasteiger partial charge in [-0.25, -0.2) is 9.97 Å². The van der Waals surface area contributed by atoms with Crippen molar-refractivity contribution in [3.05, 3.63) is 41.7 Å². The van der Waals surface area contributed by atoms with Crippen molar-refractivity contribution in [3.8, 4) is 5.75 Å². The van der Waals surface area contributed by atoms with E-state index in [9.17, 15) is 13.2 Å². The van der Waals surface area contributed by atoms with E-state index in [-0.39, 0.29) is 6.54 Å². The summed E-state index contributed by atoms with van der Waals surface area (Å²) >= 11 is 1.68. The summed E-state index contributed by atoms with van der Waals surface area (Å²) in [7, 11) is 0. The Morgan fingerprint density at radius 2 is 1.86 bits per heavy atom. The second kappa shape index (κ2) is 10.0. The lowest BCUT2D eigenvalue weighted by Gasteiger charge is -2.31. The van der Waals surface area contributed by atoms with Gasteiger partial charge in [-0.2, -0.15) is 24.9 Å². The van der Waals surface area contributed by atoms with Crippen LogP contribution in [0.5, 0.6) is 5.75 Å². The van der Waals surface area contributed by atoms with Gasteiger partial charge in [0.15, 0.2) is 5.75 Å². The highest BCUT2D eigenvalue weighted by molar-refractivity contribution is 7.98. The van der Waals surface area contributed by atoms with E-state index in [1.165, 1.54) is 6.07 Å². The summed E-state index contributed by atoms with van der Waals surface area (Å²) < 4.78 is 45.1. The maximum atomic E-state index is 13.2. The Hall–Kier alpha value is -2.16. The van der Waals surface area contributed by atoms with Gasteiger partial charge in [0.2, 0.25) is 5.95 Å². The topological polar surface area (TPSA) is 50.3 Å². The highest BCUT2D eigenvalue weighted by Gasteiger charge is 2.31. The van der Waals surface area contributed by atoms with Gasteiger partial charge in [-0.1, -0.05) is 0 Å². The van der Waals surface area contributed by atoms with Crippen molar-refractivity contribution in [3.63, 3.8) is 0 Å². The van der Waals surface area contributed by atoms with Crippen molar-refractivity contribution >= 4 is 23.4 Å². The van der Waals surface area contributed by atoms with Gasteiger partial charge >= 0.3 is 6.18 Å². The van der Waals surface area contributed by atoms with Crippen molar-refractivity contribution in [2.24, 2.45) is 0 Å². The Morgan fingerprint density at radius 1 is 1.14 bits per heavy atom. The van der Waals surface area contributed by atoms with Crippen molar-refractivity contribution in [1.82, 2.24) is 9.97 Å². The van der Waals surface area contributed by atoms with Crippen LogP contribution in [0.15, 0.2) is 30.6 Å². The molecule has 1 aromatic heterocycles. The van der Waals surface area contributed by atoms with E-state index in [1.807, 2.05) is 6.26 Å². The Morgan fingerprint density at radius 3 is 2.52 bits per heavy atom. The van der Waals surface area contributed by atoms with Crippen molar-refractivity contribution in [2.75, 3.05) is 41.9 Å². The van der Waals surface area contributed by atoms with E-state index in [1.54, 1.807) is 30.2 Å². The number of ether oxygens (including phenoxy) is 1. The number of thioether (sulfide) groups is 1. The Bertz CT molecular complexity index is 780. The molecule has 0 radical (unpaired) electrons. The van der Waals surface area contributed by atoms with Crippen LogP contribution in [0.4, 0.5) is 24.8 Å². The van der Waals surface area contributed by atoms with Gasteiger partial charge in [0.05, 0.1) is 24.6 Å². The Labute approximate surface area is 173 Å². The zero-order chi connectivity index (χ0) is 20.7. The highest BCUT2D eigenvalue weighted by atomic mass is 32.2. The lowest BCUT2D eigenvalue weighted by Crippen LogP contribution is -2.30. The van der Waals surface area contributed by atoms with Crippen LogP contribution >= 0.6 is 11.8 Å². The maximum Gasteiger partial charge on any atom is 0.416 e. The molecule has 29 heavy (non-hydrogen) atoms. The van der Waals surface area contributed by atoms with E-state index < -0.39 is 11.7 Å². The summed E-state index contributed by atoms with van der Waals surface area (Å²) in [4.78, 5) is 10.5. The standard InChI is InChI=1S/C20H25F3N4OS/c1-29-10-9-28-17-13-25-19(26-14-17)24-12-15-11-16(20(21,22)23)5-6-18(15)27-7-3-2-4-8-27/h5-6,11,13-14H,2-4,7-10,12H2,1H3,(H,24,25,26). The minimum atomic E-state index is -4.37. The molecule has 2 aromatic rings. The summed E-state index contributed by atoms with van der Waals surface area (Å²) in [5.74, 6) is 1.79. The zero-order valence-corrected chi connectivity index (χ0v) is 17.2. The van der Waals surface area contributed by atoms with Crippen LogP contribution < -0.4 is 15.0 Å². The summed E-state index contributed by atoms with van der Waals surface area (Å²) in [5.41, 5.74) is 0.779. The number of piperidine rings is 1. The quantitative estimate of drug-likeness (QED) is 0.610. The van der Waals surface area contributed by atoms with Gasteiger partial charge < -0.3 is 15.0 Å². The third-order valence-corrected chi connectivity index (χ3v) is 5.30. The first-order valence-electron chi connectivity index (χ1n) is 9.60. The zero-order valence-electron chi connectivity index (χ0n) is 16.3. The number of aromatic nitrogens is 2. The fourth-order valence-electron chi connectivity index (χ4n) is 3.25. The first-order chi connectivity index (χ1) is 14.0. The normalized spacial score (nSPS) is 14.7. The van der Waals surface area contributed by atoms with Gasteiger partial charge in [-0.05, 0) is 49.3 Å². The number of hydrogen-bond donors (Lipinski definition) is 1. The minimum absolute atomic E-state index is 0.211. The summed E-state index contributed by atoms with van der Waals surface area (Å²) in [5, 5.41) is 3.04. The van der Waals surface area contributed by atoms with Gasteiger partial charge in [0.1, 0.15) is 0 Å². The van der Waals surface area contributed by atoms with Crippen molar-refractivity contribution in [1.29, 1.82) is 0 Å². The molecule has 3 rings (SSSR count). The van der Waals surface area contributed by atoms with E-state index >= 15 is 0 Å². The number of anilines is 2. The van der Waals surface area contributed by atoms with Crippen LogP contribution in [-0.2, 0) is 12.7 Å². The largest absolute Gasteiger partial charge is 0.489 e. The molecule has 5 nitrogen and oxygen atoms in total. The van der Waals surface area contributed by atoms with E-state index in [0.717, 1.165) is 49.9 Å². The van der Waals surface area contributed by atoms with Crippen LogP contribution in [0, 0.1) is 0 Å². The summed E-state index contributed by atoms with van der Waals surface area (Å²) in [6.07, 6.45) is 4.01. The lowest BCUT2D eigenvalue weighted by molar-refractivity contribution is -0.137. The molecule has 9 heteroatoms. The number of nitrogens with zero attached hydrogens (tertiary/aromatic N) is 3. The van der Waals surface area contributed by atoms with E-state index in [0.29, 0.717) is 23.9 Å². The maximum absolute atomic E-state index is 13.2. The number of halogens is 3. The molecule has 1 aliphatic heterocycles. The smallest absolute Gasteiger partial charge is 0.416 e. The van der Waals surface area contributed by atoms with Crippen LogP contribution in [0.25, 0.3) is 0 Å². The monoisotopic (exact) mass is 426 g/mol. The highest BCUT2D eigenvalue weighted by Crippen LogP contribution is 2.34. The van der Waals surface area contributed by atoms with Crippen molar-refractivity contribution in [2.45, 2.75) is 32.0 Å². The number of hydrogen-bond acceptors (Lipinski definition) is 6. The predicted molar refractivity (Wildman–Crippen MR) is 111 cm³/mol. The molecule has 0 saturated carbocycles. The molecule has 0 amide bonds. The third-order valence-electron chi connectivity index (χ3n) is 4.72. The van der Waals surface area contributed by atoms with Crippen LogP contribution in [0.2, 0.25) is 0 Å². The van der Waals surface area contributed by atoms with E-state index in [4.69, 9.17) is 4.74 Å². The first kappa shape index (κ1) is 21.5. The number of benzene rings is 1. The minimum Gasteiger partial charge on any atom is -0.489 e. The molecule has 0 bridgehead atoms. The second-order valence-corrected chi connectivity index (χ2v) is 7.81. The Balaban J connectivity index is 1.72. The molecule has 1 fully saturated rings.